The van der Waals surface area contributed by atoms with Crippen LogP contribution in [0.2, 0.25) is 0 Å². The van der Waals surface area contributed by atoms with Gasteiger partial charge < -0.3 is 19.7 Å². The van der Waals surface area contributed by atoms with E-state index in [2.05, 4.69) is 5.32 Å². The number of amides is 1. The third-order valence-corrected chi connectivity index (χ3v) is 7.44. The number of ether oxygens (including phenoxy) is 2. The summed E-state index contributed by atoms with van der Waals surface area (Å²) in [5.74, 6) is 0.0929. The standard InChI is InChI=1S/C30H33F3N2O4S/c1-19(34-14-12-26(36)39-29(2,3)4)28(37)35-15-13-21-16-22(10-11-25(21)35)38-18-23-17-24(20-8-6-5-7-9-20)27(40-23)30(31,32)33/h5-11,16-17,19,34H,12-15,18H2,1-4H3/t19-/m0/s1. The van der Waals surface area contributed by atoms with Crippen LogP contribution in [-0.4, -0.2) is 36.6 Å². The Labute approximate surface area is 236 Å². The number of halogens is 3. The highest BCUT2D eigenvalue weighted by molar-refractivity contribution is 7.12. The van der Waals surface area contributed by atoms with Crippen LogP contribution in [0.15, 0.2) is 54.6 Å². The number of thiophene rings is 1. The highest BCUT2D eigenvalue weighted by atomic mass is 32.1. The number of hydrogen-bond donors (Lipinski definition) is 1. The second kappa shape index (κ2) is 12.0. The molecule has 40 heavy (non-hydrogen) atoms. The molecule has 1 N–H and O–H groups in total. The molecule has 0 saturated heterocycles. The highest BCUT2D eigenvalue weighted by Gasteiger charge is 2.36. The second-order valence-corrected chi connectivity index (χ2v) is 11.8. The number of benzene rings is 2. The Morgan fingerprint density at radius 3 is 2.48 bits per heavy atom. The quantitative estimate of drug-likeness (QED) is 0.291. The smallest absolute Gasteiger partial charge is 0.426 e. The molecular weight excluding hydrogens is 541 g/mol. The van der Waals surface area contributed by atoms with E-state index in [-0.39, 0.29) is 30.5 Å². The maximum atomic E-state index is 13.7. The molecule has 10 heteroatoms. The number of hydrogen-bond acceptors (Lipinski definition) is 6. The molecule has 1 amide bonds. The van der Waals surface area contributed by atoms with Gasteiger partial charge in [-0.05, 0) is 69.5 Å². The van der Waals surface area contributed by atoms with Crippen LogP contribution in [0, 0.1) is 0 Å². The van der Waals surface area contributed by atoms with Crippen molar-refractivity contribution in [3.63, 3.8) is 0 Å². The number of alkyl halides is 3. The van der Waals surface area contributed by atoms with Gasteiger partial charge in [0.2, 0.25) is 5.91 Å². The van der Waals surface area contributed by atoms with E-state index in [1.54, 1.807) is 75.1 Å². The van der Waals surface area contributed by atoms with Gasteiger partial charge in [-0.1, -0.05) is 30.3 Å². The lowest BCUT2D eigenvalue weighted by Crippen LogP contribution is -2.45. The van der Waals surface area contributed by atoms with Crippen molar-refractivity contribution in [2.45, 2.75) is 65.0 Å². The summed E-state index contributed by atoms with van der Waals surface area (Å²) in [7, 11) is 0. The van der Waals surface area contributed by atoms with Crippen LogP contribution in [0.5, 0.6) is 5.75 Å². The number of fused-ring (bicyclic) bond motifs is 1. The Kier molecular flexibility index (Phi) is 8.90. The minimum atomic E-state index is -4.46. The summed E-state index contributed by atoms with van der Waals surface area (Å²) >= 11 is 0.685. The van der Waals surface area contributed by atoms with Crippen molar-refractivity contribution >= 4 is 28.9 Å². The second-order valence-electron chi connectivity index (χ2n) is 10.7. The fraction of sp³-hybridized carbons (Fsp3) is 0.400. The summed E-state index contributed by atoms with van der Waals surface area (Å²) in [4.78, 5) is 26.5. The van der Waals surface area contributed by atoms with Crippen molar-refractivity contribution in [2.75, 3.05) is 18.0 Å². The molecule has 3 aromatic rings. The SMILES string of the molecule is C[C@H](NCCC(=O)OC(C)(C)C)C(=O)N1CCc2cc(OCc3cc(-c4ccccc4)c(C(F)(F)F)s3)ccc21. The zero-order valence-corrected chi connectivity index (χ0v) is 23.7. The van der Waals surface area contributed by atoms with E-state index in [1.165, 1.54) is 6.07 Å². The predicted molar refractivity (Wildman–Crippen MR) is 150 cm³/mol. The Hall–Kier alpha value is -3.37. The minimum Gasteiger partial charge on any atom is -0.488 e. The molecule has 2 heterocycles. The lowest BCUT2D eigenvalue weighted by Gasteiger charge is -2.23. The lowest BCUT2D eigenvalue weighted by molar-refractivity contribution is -0.154. The van der Waals surface area contributed by atoms with Crippen LogP contribution in [0.3, 0.4) is 0 Å². The van der Waals surface area contributed by atoms with Crippen molar-refractivity contribution in [3.05, 3.63) is 69.9 Å². The molecule has 1 aromatic heterocycles. The van der Waals surface area contributed by atoms with E-state index in [0.29, 0.717) is 47.0 Å². The number of carbonyl (C=O) groups is 2. The Morgan fingerprint density at radius 2 is 1.80 bits per heavy atom. The summed E-state index contributed by atoms with van der Waals surface area (Å²) in [6, 6.07) is 14.9. The fourth-order valence-corrected chi connectivity index (χ4v) is 5.47. The molecular formula is C30H33F3N2O4S. The van der Waals surface area contributed by atoms with E-state index in [4.69, 9.17) is 9.47 Å². The van der Waals surface area contributed by atoms with Gasteiger partial charge in [0.15, 0.2) is 0 Å². The Bertz CT molecular complexity index is 1350. The zero-order valence-electron chi connectivity index (χ0n) is 22.9. The van der Waals surface area contributed by atoms with Crippen LogP contribution in [0.1, 0.15) is 49.4 Å². The molecule has 2 aromatic carbocycles. The molecule has 6 nitrogen and oxygen atoms in total. The van der Waals surface area contributed by atoms with Gasteiger partial charge in [-0.3, -0.25) is 9.59 Å². The third-order valence-electron chi connectivity index (χ3n) is 6.29. The first-order chi connectivity index (χ1) is 18.8. The van der Waals surface area contributed by atoms with Crippen LogP contribution in [0.25, 0.3) is 11.1 Å². The molecule has 214 valence electrons. The van der Waals surface area contributed by atoms with Crippen LogP contribution >= 0.6 is 11.3 Å². The molecule has 4 rings (SSSR count). The van der Waals surface area contributed by atoms with Crippen LogP contribution < -0.4 is 15.0 Å². The van der Waals surface area contributed by atoms with Crippen LogP contribution in [0.4, 0.5) is 18.9 Å². The largest absolute Gasteiger partial charge is 0.488 e. The summed E-state index contributed by atoms with van der Waals surface area (Å²) in [5.41, 5.74) is 1.81. The van der Waals surface area contributed by atoms with Crippen LogP contribution in [-0.2, 0) is 33.5 Å². The van der Waals surface area contributed by atoms with Gasteiger partial charge in [0.05, 0.1) is 12.5 Å². The molecule has 1 aliphatic heterocycles. The van der Waals surface area contributed by atoms with E-state index >= 15 is 0 Å². The van der Waals surface area contributed by atoms with E-state index in [0.717, 1.165) is 11.3 Å². The molecule has 0 saturated carbocycles. The summed E-state index contributed by atoms with van der Waals surface area (Å²) in [6.07, 6.45) is -3.66. The average Bonchev–Trinajstić information content (AvgIpc) is 3.51. The summed E-state index contributed by atoms with van der Waals surface area (Å²) in [6.45, 7) is 8.00. The molecule has 0 radical (unpaired) electrons. The lowest BCUT2D eigenvalue weighted by atomic mass is 10.1. The molecule has 0 fully saturated rings. The summed E-state index contributed by atoms with van der Waals surface area (Å²) < 4.78 is 52.2. The van der Waals surface area contributed by atoms with E-state index < -0.39 is 22.7 Å². The van der Waals surface area contributed by atoms with Gasteiger partial charge in [0.1, 0.15) is 22.8 Å². The average molecular weight is 575 g/mol. The fourth-order valence-electron chi connectivity index (χ4n) is 4.51. The Balaban J connectivity index is 1.36. The topological polar surface area (TPSA) is 67.9 Å². The van der Waals surface area contributed by atoms with Crippen molar-refractivity contribution in [1.82, 2.24) is 5.32 Å². The van der Waals surface area contributed by atoms with Gasteiger partial charge in [-0.25, -0.2) is 0 Å². The summed E-state index contributed by atoms with van der Waals surface area (Å²) in [5, 5.41) is 3.09. The number of nitrogens with one attached hydrogen (secondary N) is 1. The third kappa shape index (κ3) is 7.42. The number of carbonyl (C=O) groups excluding carboxylic acids is 2. The number of anilines is 1. The number of rotatable bonds is 9. The molecule has 0 spiro atoms. The highest BCUT2D eigenvalue weighted by Crippen LogP contribution is 2.43. The number of esters is 1. The first kappa shape index (κ1) is 29.6. The van der Waals surface area contributed by atoms with E-state index in [1.807, 2.05) is 6.07 Å². The van der Waals surface area contributed by atoms with Gasteiger partial charge in [0.25, 0.3) is 0 Å². The van der Waals surface area contributed by atoms with Gasteiger partial charge in [0, 0.05) is 29.2 Å². The first-order valence-electron chi connectivity index (χ1n) is 13.1. The van der Waals surface area contributed by atoms with Crippen molar-refractivity contribution in [3.8, 4) is 16.9 Å². The normalized spacial score (nSPS) is 14.1. The molecule has 0 bridgehead atoms. The molecule has 1 aliphatic rings. The van der Waals surface area contributed by atoms with Gasteiger partial charge >= 0.3 is 12.1 Å². The van der Waals surface area contributed by atoms with Gasteiger partial charge in [-0.2, -0.15) is 13.2 Å². The first-order valence-corrected chi connectivity index (χ1v) is 13.9. The maximum absolute atomic E-state index is 13.7. The molecule has 0 aliphatic carbocycles. The number of nitrogens with zero attached hydrogens (tertiary/aromatic N) is 1. The monoisotopic (exact) mass is 574 g/mol. The molecule has 1 atom stereocenters. The minimum absolute atomic E-state index is 0.000609. The maximum Gasteiger partial charge on any atom is 0.426 e. The van der Waals surface area contributed by atoms with E-state index in [9.17, 15) is 22.8 Å². The van der Waals surface area contributed by atoms with Crippen molar-refractivity contribution < 1.29 is 32.2 Å². The zero-order chi connectivity index (χ0) is 29.1. The van der Waals surface area contributed by atoms with Crippen molar-refractivity contribution in [1.29, 1.82) is 0 Å². The van der Waals surface area contributed by atoms with Gasteiger partial charge in [-0.15, -0.1) is 11.3 Å². The molecule has 0 unspecified atom stereocenters. The van der Waals surface area contributed by atoms with Crippen molar-refractivity contribution in [2.24, 2.45) is 0 Å². The predicted octanol–water partition coefficient (Wildman–Crippen LogP) is 6.61. The Morgan fingerprint density at radius 1 is 1.07 bits per heavy atom.